The van der Waals surface area contributed by atoms with E-state index >= 15 is 0 Å². The van der Waals surface area contributed by atoms with Gasteiger partial charge >= 0.3 is 0 Å². The van der Waals surface area contributed by atoms with Crippen molar-refractivity contribution < 1.29 is 0 Å². The molecular formula is C8H8IN3. The molecule has 0 saturated heterocycles. The van der Waals surface area contributed by atoms with Gasteiger partial charge in [-0.1, -0.05) is 0 Å². The van der Waals surface area contributed by atoms with E-state index in [0.29, 0.717) is 0 Å². The molecule has 0 saturated carbocycles. The van der Waals surface area contributed by atoms with Gasteiger partial charge in [0.15, 0.2) is 0 Å². The molecule has 0 aromatic carbocycles. The fourth-order valence-electron chi connectivity index (χ4n) is 0.654. The molecule has 1 heterocycles. The Hall–Kier alpha value is -0.910. The zero-order valence-corrected chi connectivity index (χ0v) is 8.45. The Morgan fingerprint density at radius 3 is 2.92 bits per heavy atom. The van der Waals surface area contributed by atoms with Crippen LogP contribution in [0.15, 0.2) is 30.6 Å². The first kappa shape index (κ1) is 9.18. The molecule has 0 aliphatic carbocycles. The molecule has 1 aromatic heterocycles. The topological polar surface area (TPSA) is 48.8 Å². The molecule has 0 aliphatic rings. The summed E-state index contributed by atoms with van der Waals surface area (Å²) in [5.74, 6) is 0. The molecule has 0 spiro atoms. The number of anilines is 1. The standard InChI is InChI=1S/C8H8IN3/c9-8-3-2-7(6-12-8)11-5-1-4-10/h1-6,10-11H/b5-1-,10-4?. The lowest BCUT2D eigenvalue weighted by Crippen LogP contribution is -1.88. The lowest BCUT2D eigenvalue weighted by atomic mass is 10.4. The van der Waals surface area contributed by atoms with Crippen molar-refractivity contribution in [3.63, 3.8) is 0 Å². The minimum Gasteiger partial charge on any atom is -0.360 e. The van der Waals surface area contributed by atoms with E-state index < -0.39 is 0 Å². The molecule has 62 valence electrons. The molecule has 0 radical (unpaired) electrons. The van der Waals surface area contributed by atoms with Gasteiger partial charge in [-0.3, -0.25) is 0 Å². The van der Waals surface area contributed by atoms with Crippen molar-refractivity contribution in [2.45, 2.75) is 0 Å². The van der Waals surface area contributed by atoms with Gasteiger partial charge in [-0.15, -0.1) is 0 Å². The highest BCUT2D eigenvalue weighted by Gasteiger charge is 1.88. The summed E-state index contributed by atoms with van der Waals surface area (Å²) in [6.45, 7) is 0. The number of aromatic nitrogens is 1. The monoisotopic (exact) mass is 273 g/mol. The molecule has 4 heteroatoms. The molecule has 1 rings (SSSR count). The maximum Gasteiger partial charge on any atom is 0.101 e. The van der Waals surface area contributed by atoms with Crippen molar-refractivity contribution in [3.8, 4) is 0 Å². The number of nitrogens with zero attached hydrogens (tertiary/aromatic N) is 1. The lowest BCUT2D eigenvalue weighted by molar-refractivity contribution is 1.27. The Labute approximate surface area is 84.6 Å². The summed E-state index contributed by atoms with van der Waals surface area (Å²) in [5, 5.41) is 9.71. The van der Waals surface area contributed by atoms with Crippen molar-refractivity contribution >= 4 is 34.5 Å². The van der Waals surface area contributed by atoms with Crippen LogP contribution < -0.4 is 5.32 Å². The highest BCUT2D eigenvalue weighted by atomic mass is 127. The van der Waals surface area contributed by atoms with E-state index in [2.05, 4.69) is 32.9 Å². The third-order valence-corrected chi connectivity index (χ3v) is 1.81. The number of hydrogen-bond donors (Lipinski definition) is 2. The number of allylic oxidation sites excluding steroid dienone is 1. The molecule has 0 fully saturated rings. The molecule has 12 heavy (non-hydrogen) atoms. The van der Waals surface area contributed by atoms with Crippen LogP contribution in [-0.4, -0.2) is 11.2 Å². The SMILES string of the molecule is N=C/C=C\Nc1ccc(I)nc1. The number of pyridine rings is 1. The van der Waals surface area contributed by atoms with Gasteiger partial charge in [0.2, 0.25) is 0 Å². The second-order valence-corrected chi connectivity index (χ2v) is 3.14. The summed E-state index contributed by atoms with van der Waals surface area (Å²) in [6, 6.07) is 3.85. The normalized spacial score (nSPS) is 10.1. The molecule has 0 atom stereocenters. The first-order valence-electron chi connectivity index (χ1n) is 3.36. The van der Waals surface area contributed by atoms with Crippen LogP contribution in [-0.2, 0) is 0 Å². The van der Waals surface area contributed by atoms with Gasteiger partial charge in [-0.2, -0.15) is 0 Å². The molecule has 1 aromatic rings. The van der Waals surface area contributed by atoms with Crippen molar-refractivity contribution in [2.75, 3.05) is 5.32 Å². The molecule has 0 bridgehead atoms. The van der Waals surface area contributed by atoms with Gasteiger partial charge in [0.1, 0.15) is 3.70 Å². The second kappa shape index (κ2) is 4.87. The molecule has 0 aliphatic heterocycles. The minimum atomic E-state index is 0.925. The van der Waals surface area contributed by atoms with Gasteiger partial charge in [-0.25, -0.2) is 4.98 Å². The summed E-state index contributed by atoms with van der Waals surface area (Å²) in [5.41, 5.74) is 0.925. The van der Waals surface area contributed by atoms with Crippen molar-refractivity contribution in [1.29, 1.82) is 5.41 Å². The molecule has 3 nitrogen and oxygen atoms in total. The highest BCUT2D eigenvalue weighted by Crippen LogP contribution is 2.06. The zero-order valence-electron chi connectivity index (χ0n) is 6.29. The first-order valence-corrected chi connectivity index (χ1v) is 4.44. The van der Waals surface area contributed by atoms with Gasteiger partial charge in [-0.05, 0) is 40.8 Å². The van der Waals surface area contributed by atoms with E-state index in [1.807, 2.05) is 12.1 Å². The fraction of sp³-hybridized carbons (Fsp3) is 0. The predicted molar refractivity (Wildman–Crippen MR) is 58.5 cm³/mol. The van der Waals surface area contributed by atoms with E-state index in [1.165, 1.54) is 6.21 Å². The van der Waals surface area contributed by atoms with Gasteiger partial charge in [0.25, 0.3) is 0 Å². The Balaban J connectivity index is 2.58. The molecule has 0 amide bonds. The summed E-state index contributed by atoms with van der Waals surface area (Å²) in [4.78, 5) is 4.09. The number of halogens is 1. The average Bonchev–Trinajstić information content (AvgIpc) is 2.09. The quantitative estimate of drug-likeness (QED) is 0.504. The van der Waals surface area contributed by atoms with Crippen molar-refractivity contribution in [1.82, 2.24) is 4.98 Å². The Morgan fingerprint density at radius 1 is 1.50 bits per heavy atom. The van der Waals surface area contributed by atoms with Crippen LogP contribution in [0.5, 0.6) is 0 Å². The average molecular weight is 273 g/mol. The summed E-state index contributed by atoms with van der Waals surface area (Å²) in [7, 11) is 0. The number of rotatable bonds is 3. The summed E-state index contributed by atoms with van der Waals surface area (Å²) >= 11 is 2.15. The third kappa shape index (κ3) is 3.00. The number of hydrogen-bond acceptors (Lipinski definition) is 3. The minimum absolute atomic E-state index is 0.925. The van der Waals surface area contributed by atoms with Crippen LogP contribution in [0.1, 0.15) is 0 Å². The van der Waals surface area contributed by atoms with Crippen LogP contribution >= 0.6 is 22.6 Å². The molecule has 0 unspecified atom stereocenters. The Bertz CT molecular complexity index is 279. The second-order valence-electron chi connectivity index (χ2n) is 2.04. The van der Waals surface area contributed by atoms with Gasteiger partial charge in [0.05, 0.1) is 11.9 Å². The van der Waals surface area contributed by atoms with E-state index in [1.54, 1.807) is 18.5 Å². The molecule has 2 N–H and O–H groups in total. The smallest absolute Gasteiger partial charge is 0.101 e. The third-order valence-electron chi connectivity index (χ3n) is 1.17. The molecular weight excluding hydrogens is 265 g/mol. The van der Waals surface area contributed by atoms with E-state index in [-0.39, 0.29) is 0 Å². The highest BCUT2D eigenvalue weighted by molar-refractivity contribution is 14.1. The zero-order chi connectivity index (χ0) is 8.81. The maximum absolute atomic E-state index is 6.73. The largest absolute Gasteiger partial charge is 0.360 e. The van der Waals surface area contributed by atoms with Crippen molar-refractivity contribution in [2.24, 2.45) is 0 Å². The van der Waals surface area contributed by atoms with Crippen LogP contribution in [0.2, 0.25) is 0 Å². The van der Waals surface area contributed by atoms with Crippen molar-refractivity contribution in [3.05, 3.63) is 34.3 Å². The Kier molecular flexibility index (Phi) is 3.72. The van der Waals surface area contributed by atoms with E-state index in [9.17, 15) is 0 Å². The van der Waals surface area contributed by atoms with Gasteiger partial charge in [0, 0.05) is 12.4 Å². The predicted octanol–water partition coefficient (Wildman–Crippen LogP) is 2.26. The van der Waals surface area contributed by atoms with Crippen LogP contribution in [0.3, 0.4) is 0 Å². The fourth-order valence-corrected chi connectivity index (χ4v) is 0.973. The first-order chi connectivity index (χ1) is 5.83. The Morgan fingerprint density at radius 2 is 2.33 bits per heavy atom. The van der Waals surface area contributed by atoms with Gasteiger partial charge < -0.3 is 10.7 Å². The van der Waals surface area contributed by atoms with Crippen LogP contribution in [0.4, 0.5) is 5.69 Å². The summed E-state index contributed by atoms with van der Waals surface area (Å²) < 4.78 is 0.967. The maximum atomic E-state index is 6.73. The van der Waals surface area contributed by atoms with Crippen LogP contribution in [0.25, 0.3) is 0 Å². The lowest BCUT2D eigenvalue weighted by Gasteiger charge is -1.97. The van der Waals surface area contributed by atoms with Crippen LogP contribution in [0, 0.1) is 9.11 Å². The van der Waals surface area contributed by atoms with E-state index in [4.69, 9.17) is 5.41 Å². The summed E-state index contributed by atoms with van der Waals surface area (Å²) in [6.07, 6.45) is 6.26. The number of nitrogens with one attached hydrogen (secondary N) is 2. The van der Waals surface area contributed by atoms with E-state index in [0.717, 1.165) is 9.39 Å².